The number of nitrogens with zero attached hydrogens (tertiary/aromatic N) is 3. The molecule has 1 spiro atoms. The van der Waals surface area contributed by atoms with E-state index in [2.05, 4.69) is 20.8 Å². The second kappa shape index (κ2) is 7.06. The summed E-state index contributed by atoms with van der Waals surface area (Å²) in [5.74, 6) is 0.285. The SMILES string of the molecule is Cc1nc(-c2ccccc2NC(=O)CCN2C(=O)NC3(CCCC3)C2=O)no1. The summed E-state index contributed by atoms with van der Waals surface area (Å²) in [5, 5.41) is 9.50. The predicted molar refractivity (Wildman–Crippen MR) is 99.2 cm³/mol. The molecule has 1 saturated carbocycles. The van der Waals surface area contributed by atoms with Gasteiger partial charge in [0.05, 0.1) is 5.69 Å². The van der Waals surface area contributed by atoms with Gasteiger partial charge in [-0.05, 0) is 25.0 Å². The lowest BCUT2D eigenvalue weighted by Crippen LogP contribution is -2.44. The molecule has 2 fully saturated rings. The predicted octanol–water partition coefficient (Wildman–Crippen LogP) is 2.24. The van der Waals surface area contributed by atoms with Crippen molar-refractivity contribution in [1.82, 2.24) is 20.4 Å². The number of benzene rings is 1. The van der Waals surface area contributed by atoms with Crippen LogP contribution in [0.15, 0.2) is 28.8 Å². The number of urea groups is 1. The Morgan fingerprint density at radius 2 is 2.04 bits per heavy atom. The van der Waals surface area contributed by atoms with Gasteiger partial charge in [-0.25, -0.2) is 4.79 Å². The van der Waals surface area contributed by atoms with Gasteiger partial charge in [-0.2, -0.15) is 4.98 Å². The molecule has 2 aliphatic rings. The molecule has 1 aliphatic heterocycles. The van der Waals surface area contributed by atoms with Gasteiger partial charge >= 0.3 is 6.03 Å². The molecule has 0 radical (unpaired) electrons. The molecule has 0 atom stereocenters. The Morgan fingerprint density at radius 1 is 1.29 bits per heavy atom. The first-order valence-corrected chi connectivity index (χ1v) is 9.32. The zero-order valence-electron chi connectivity index (χ0n) is 15.5. The number of carbonyl (C=O) groups is 3. The minimum Gasteiger partial charge on any atom is -0.339 e. The Hall–Kier alpha value is -3.23. The Labute approximate surface area is 161 Å². The molecule has 1 aromatic carbocycles. The van der Waals surface area contributed by atoms with Crippen LogP contribution in [0.4, 0.5) is 10.5 Å². The van der Waals surface area contributed by atoms with Crippen LogP contribution >= 0.6 is 0 Å². The van der Waals surface area contributed by atoms with Gasteiger partial charge in [-0.15, -0.1) is 0 Å². The first kappa shape index (κ1) is 18.1. The van der Waals surface area contributed by atoms with Crippen molar-refractivity contribution in [2.45, 2.75) is 44.6 Å². The number of hydrogen-bond acceptors (Lipinski definition) is 6. The highest BCUT2D eigenvalue weighted by Gasteiger charge is 2.52. The number of anilines is 1. The maximum atomic E-state index is 12.6. The van der Waals surface area contributed by atoms with E-state index in [1.54, 1.807) is 25.1 Å². The summed E-state index contributed by atoms with van der Waals surface area (Å²) in [4.78, 5) is 42.6. The summed E-state index contributed by atoms with van der Waals surface area (Å²) in [6.45, 7) is 1.73. The van der Waals surface area contributed by atoms with Crippen molar-refractivity contribution in [3.8, 4) is 11.4 Å². The second-order valence-electron chi connectivity index (χ2n) is 7.16. The smallest absolute Gasteiger partial charge is 0.325 e. The number of amides is 4. The van der Waals surface area contributed by atoms with Crippen molar-refractivity contribution in [2.75, 3.05) is 11.9 Å². The fraction of sp³-hybridized carbons (Fsp3) is 0.421. The minimum absolute atomic E-state index is 0.00878. The van der Waals surface area contributed by atoms with Gasteiger partial charge in [0, 0.05) is 25.5 Å². The van der Waals surface area contributed by atoms with Crippen molar-refractivity contribution in [2.24, 2.45) is 0 Å². The third kappa shape index (κ3) is 3.23. The van der Waals surface area contributed by atoms with Crippen LogP contribution in [0.3, 0.4) is 0 Å². The Kier molecular flexibility index (Phi) is 4.58. The van der Waals surface area contributed by atoms with E-state index in [9.17, 15) is 14.4 Å². The van der Waals surface area contributed by atoms with Crippen LogP contribution in [-0.4, -0.2) is 45.0 Å². The molecule has 9 heteroatoms. The third-order valence-corrected chi connectivity index (χ3v) is 5.24. The first-order valence-electron chi connectivity index (χ1n) is 9.32. The van der Waals surface area contributed by atoms with Crippen molar-refractivity contribution in [1.29, 1.82) is 0 Å². The van der Waals surface area contributed by atoms with E-state index >= 15 is 0 Å². The van der Waals surface area contributed by atoms with Gasteiger partial charge in [0.15, 0.2) is 0 Å². The topological polar surface area (TPSA) is 117 Å². The van der Waals surface area contributed by atoms with Crippen LogP contribution in [0.2, 0.25) is 0 Å². The van der Waals surface area contributed by atoms with E-state index in [1.807, 2.05) is 6.07 Å². The number of nitrogens with one attached hydrogen (secondary N) is 2. The maximum Gasteiger partial charge on any atom is 0.325 e. The van der Waals surface area contributed by atoms with E-state index < -0.39 is 11.6 Å². The number of aryl methyl sites for hydroxylation is 1. The summed E-state index contributed by atoms with van der Waals surface area (Å²) in [6.07, 6.45) is 3.18. The standard InChI is InChI=1S/C19H21N5O4/c1-12-20-16(23-28-12)13-6-2-3-7-14(13)21-15(25)8-11-24-17(26)19(22-18(24)27)9-4-5-10-19/h2-3,6-7H,4-5,8-11H2,1H3,(H,21,25)(H,22,27). The first-order chi connectivity index (χ1) is 13.5. The quantitative estimate of drug-likeness (QED) is 0.765. The number of hydrogen-bond donors (Lipinski definition) is 2. The van der Waals surface area contributed by atoms with Gasteiger partial charge < -0.3 is 15.2 Å². The molecule has 28 heavy (non-hydrogen) atoms. The van der Waals surface area contributed by atoms with Crippen molar-refractivity contribution in [3.05, 3.63) is 30.2 Å². The van der Waals surface area contributed by atoms with Gasteiger partial charge in [0.2, 0.25) is 17.6 Å². The molecule has 1 aromatic heterocycles. The van der Waals surface area contributed by atoms with Crippen LogP contribution in [0.5, 0.6) is 0 Å². The van der Waals surface area contributed by atoms with E-state index in [0.29, 0.717) is 35.8 Å². The minimum atomic E-state index is -0.753. The molecule has 4 amide bonds. The summed E-state index contributed by atoms with van der Waals surface area (Å²) in [5.41, 5.74) is 0.418. The molecule has 146 valence electrons. The van der Waals surface area contributed by atoms with Crippen LogP contribution in [0.25, 0.3) is 11.4 Å². The summed E-state index contributed by atoms with van der Waals surface area (Å²) >= 11 is 0. The van der Waals surface area contributed by atoms with E-state index in [-0.39, 0.29) is 24.8 Å². The van der Waals surface area contributed by atoms with Crippen LogP contribution in [-0.2, 0) is 9.59 Å². The third-order valence-electron chi connectivity index (χ3n) is 5.24. The number of imide groups is 1. The molecule has 1 saturated heterocycles. The highest BCUT2D eigenvalue weighted by molar-refractivity contribution is 6.07. The average molecular weight is 383 g/mol. The zero-order valence-corrected chi connectivity index (χ0v) is 15.5. The van der Waals surface area contributed by atoms with Gasteiger partial charge in [0.25, 0.3) is 5.91 Å². The normalized spacial score (nSPS) is 18.0. The molecular formula is C19H21N5O4. The molecule has 1 aliphatic carbocycles. The van der Waals surface area contributed by atoms with E-state index in [4.69, 9.17) is 4.52 Å². The summed E-state index contributed by atoms with van der Waals surface area (Å²) in [6, 6.07) is 6.70. The zero-order chi connectivity index (χ0) is 19.7. The van der Waals surface area contributed by atoms with Crippen LogP contribution in [0, 0.1) is 6.92 Å². The molecule has 9 nitrogen and oxygen atoms in total. The van der Waals surface area contributed by atoms with Crippen molar-refractivity contribution in [3.63, 3.8) is 0 Å². The van der Waals surface area contributed by atoms with Crippen LogP contribution in [0.1, 0.15) is 38.0 Å². The molecule has 2 aromatic rings. The van der Waals surface area contributed by atoms with E-state index in [0.717, 1.165) is 17.7 Å². The molecule has 4 rings (SSSR count). The van der Waals surface area contributed by atoms with Crippen molar-refractivity contribution >= 4 is 23.5 Å². The Bertz CT molecular complexity index is 932. The molecular weight excluding hydrogens is 362 g/mol. The summed E-state index contributed by atoms with van der Waals surface area (Å²) < 4.78 is 5.00. The lowest BCUT2D eigenvalue weighted by atomic mass is 9.98. The molecule has 2 N–H and O–H groups in total. The average Bonchev–Trinajstić information content (AvgIpc) is 3.36. The number of rotatable bonds is 5. The second-order valence-corrected chi connectivity index (χ2v) is 7.16. The Balaban J connectivity index is 1.41. The summed E-state index contributed by atoms with van der Waals surface area (Å²) in [7, 11) is 0. The van der Waals surface area contributed by atoms with E-state index in [1.165, 1.54) is 0 Å². The highest BCUT2D eigenvalue weighted by atomic mass is 16.5. The largest absolute Gasteiger partial charge is 0.339 e. The highest BCUT2D eigenvalue weighted by Crippen LogP contribution is 2.35. The number of carbonyl (C=O) groups excluding carboxylic acids is 3. The van der Waals surface area contributed by atoms with Crippen LogP contribution < -0.4 is 10.6 Å². The lowest BCUT2D eigenvalue weighted by molar-refractivity contribution is -0.131. The lowest BCUT2D eigenvalue weighted by Gasteiger charge is -2.20. The fourth-order valence-electron chi connectivity index (χ4n) is 3.82. The maximum absolute atomic E-state index is 12.6. The Morgan fingerprint density at radius 3 is 2.75 bits per heavy atom. The fourth-order valence-corrected chi connectivity index (χ4v) is 3.82. The molecule has 2 heterocycles. The molecule has 0 bridgehead atoms. The van der Waals surface area contributed by atoms with Gasteiger partial charge in [-0.1, -0.05) is 30.1 Å². The van der Waals surface area contributed by atoms with Gasteiger partial charge in [0.1, 0.15) is 5.54 Å². The van der Waals surface area contributed by atoms with Gasteiger partial charge in [-0.3, -0.25) is 14.5 Å². The number of para-hydroxylation sites is 1. The monoisotopic (exact) mass is 383 g/mol. The number of aromatic nitrogens is 2. The van der Waals surface area contributed by atoms with Crippen molar-refractivity contribution < 1.29 is 18.9 Å². The molecule has 0 unspecified atom stereocenters.